The van der Waals surface area contributed by atoms with Crippen LogP contribution in [0.4, 0.5) is 0 Å². The molecular formula is C15H18N4O. The monoisotopic (exact) mass is 270 g/mol. The molecule has 0 radical (unpaired) electrons. The predicted octanol–water partition coefficient (Wildman–Crippen LogP) is 2.14. The highest BCUT2D eigenvalue weighted by molar-refractivity contribution is 6.03. The van der Waals surface area contributed by atoms with Crippen LogP contribution in [-0.4, -0.2) is 39.8 Å². The van der Waals surface area contributed by atoms with Gasteiger partial charge in [0.25, 0.3) is 0 Å². The van der Waals surface area contributed by atoms with E-state index in [0.717, 1.165) is 16.9 Å². The minimum atomic E-state index is -0.143. The zero-order valence-electron chi connectivity index (χ0n) is 12.2. The van der Waals surface area contributed by atoms with Crippen LogP contribution >= 0.6 is 0 Å². The smallest absolute Gasteiger partial charge is 0.209 e. The number of hydrogen-bond acceptors (Lipinski definition) is 4. The van der Waals surface area contributed by atoms with Gasteiger partial charge < -0.3 is 4.90 Å². The third-order valence-corrected chi connectivity index (χ3v) is 3.00. The maximum Gasteiger partial charge on any atom is 0.209 e. The van der Waals surface area contributed by atoms with Gasteiger partial charge in [0.15, 0.2) is 5.69 Å². The van der Waals surface area contributed by atoms with E-state index >= 15 is 0 Å². The molecule has 0 unspecified atom stereocenters. The molecule has 0 aliphatic heterocycles. The summed E-state index contributed by atoms with van der Waals surface area (Å²) < 4.78 is 1.70. The summed E-state index contributed by atoms with van der Waals surface area (Å²) in [5.74, 6) is -0.143. The number of nitrogens with zero attached hydrogens (tertiary/aromatic N) is 4. The van der Waals surface area contributed by atoms with Gasteiger partial charge in [0, 0.05) is 26.4 Å². The molecule has 2 aromatic rings. The van der Waals surface area contributed by atoms with Gasteiger partial charge in [-0.05, 0) is 25.5 Å². The summed E-state index contributed by atoms with van der Waals surface area (Å²) in [5, 5.41) is 8.10. The topological polar surface area (TPSA) is 51.0 Å². The van der Waals surface area contributed by atoms with E-state index in [4.69, 9.17) is 0 Å². The van der Waals surface area contributed by atoms with Crippen molar-refractivity contribution in [2.24, 2.45) is 0 Å². The first-order valence-corrected chi connectivity index (χ1v) is 6.38. The van der Waals surface area contributed by atoms with E-state index < -0.39 is 0 Å². The number of aromatic nitrogens is 3. The van der Waals surface area contributed by atoms with Crippen molar-refractivity contribution in [2.75, 3.05) is 14.1 Å². The Kier molecular flexibility index (Phi) is 3.98. The maximum atomic E-state index is 12.1. The summed E-state index contributed by atoms with van der Waals surface area (Å²) in [5.41, 5.74) is 3.15. The molecule has 2 rings (SSSR count). The van der Waals surface area contributed by atoms with E-state index in [-0.39, 0.29) is 5.78 Å². The Bertz CT molecular complexity index is 656. The second kappa shape index (κ2) is 5.69. The first-order valence-electron chi connectivity index (χ1n) is 6.38. The van der Waals surface area contributed by atoms with Crippen molar-refractivity contribution in [3.8, 4) is 5.69 Å². The van der Waals surface area contributed by atoms with Crippen molar-refractivity contribution in [1.82, 2.24) is 19.9 Å². The molecule has 0 bridgehead atoms. The molecule has 5 heteroatoms. The number of rotatable bonds is 4. The molecule has 1 aromatic heterocycles. The highest BCUT2D eigenvalue weighted by Crippen LogP contribution is 2.16. The van der Waals surface area contributed by atoms with E-state index in [1.54, 1.807) is 15.8 Å². The number of aryl methyl sites for hydroxylation is 1. The summed E-state index contributed by atoms with van der Waals surface area (Å²) in [6.07, 6.45) is 3.20. The van der Waals surface area contributed by atoms with Gasteiger partial charge in [0.1, 0.15) is 0 Å². The van der Waals surface area contributed by atoms with Crippen molar-refractivity contribution in [2.45, 2.75) is 13.8 Å². The third-order valence-electron chi connectivity index (χ3n) is 3.00. The molecule has 0 fully saturated rings. The standard InChI is InChI=1S/C15H18N4O/c1-11-7-5-6-8-13(11)19-12(2)15(16-17-19)14(20)9-10-18(3)4/h5-10H,1-4H3. The van der Waals surface area contributed by atoms with Crippen molar-refractivity contribution in [3.05, 3.63) is 53.5 Å². The van der Waals surface area contributed by atoms with Crippen LogP contribution in [0.1, 0.15) is 21.7 Å². The average Bonchev–Trinajstić information content (AvgIpc) is 2.78. The summed E-state index contributed by atoms with van der Waals surface area (Å²) in [6, 6.07) is 7.87. The molecule has 5 nitrogen and oxygen atoms in total. The number of carbonyl (C=O) groups is 1. The first kappa shape index (κ1) is 14.0. The Morgan fingerprint density at radius 2 is 1.95 bits per heavy atom. The Balaban J connectivity index is 2.37. The second-order valence-electron chi connectivity index (χ2n) is 4.87. The predicted molar refractivity (Wildman–Crippen MR) is 78.0 cm³/mol. The van der Waals surface area contributed by atoms with Gasteiger partial charge in [-0.3, -0.25) is 4.79 Å². The lowest BCUT2D eigenvalue weighted by Crippen LogP contribution is -2.05. The summed E-state index contributed by atoms with van der Waals surface area (Å²) in [7, 11) is 3.72. The van der Waals surface area contributed by atoms with Gasteiger partial charge in [-0.15, -0.1) is 5.10 Å². The number of carbonyl (C=O) groups excluding carboxylic acids is 1. The Labute approximate surface area is 118 Å². The Hall–Kier alpha value is -2.43. The van der Waals surface area contributed by atoms with Crippen LogP contribution in [0.15, 0.2) is 36.5 Å². The van der Waals surface area contributed by atoms with Crippen molar-refractivity contribution in [3.63, 3.8) is 0 Å². The van der Waals surface area contributed by atoms with Gasteiger partial charge in [0.2, 0.25) is 5.78 Å². The largest absolute Gasteiger partial charge is 0.383 e. The zero-order valence-corrected chi connectivity index (χ0v) is 12.2. The van der Waals surface area contributed by atoms with Crippen LogP contribution in [0.25, 0.3) is 5.69 Å². The average molecular weight is 270 g/mol. The lowest BCUT2D eigenvalue weighted by Gasteiger charge is -2.06. The van der Waals surface area contributed by atoms with E-state index in [0.29, 0.717) is 5.69 Å². The van der Waals surface area contributed by atoms with Crippen LogP contribution in [0, 0.1) is 13.8 Å². The molecule has 0 aliphatic rings. The van der Waals surface area contributed by atoms with Crippen LogP contribution in [0.3, 0.4) is 0 Å². The molecule has 0 atom stereocenters. The molecule has 0 aliphatic carbocycles. The number of allylic oxidation sites excluding steroid dienone is 1. The highest BCUT2D eigenvalue weighted by Gasteiger charge is 2.15. The SMILES string of the molecule is Cc1ccccc1-n1nnc(C(=O)C=CN(C)C)c1C. The van der Waals surface area contributed by atoms with Crippen LogP contribution in [-0.2, 0) is 0 Å². The minimum Gasteiger partial charge on any atom is -0.383 e. The lowest BCUT2D eigenvalue weighted by molar-refractivity contribution is 0.104. The van der Waals surface area contributed by atoms with Gasteiger partial charge in [-0.25, -0.2) is 4.68 Å². The molecule has 1 heterocycles. The molecule has 0 spiro atoms. The van der Waals surface area contributed by atoms with E-state index in [9.17, 15) is 4.79 Å². The molecule has 0 saturated heterocycles. The van der Waals surface area contributed by atoms with E-state index in [1.807, 2.05) is 52.2 Å². The quantitative estimate of drug-likeness (QED) is 0.631. The molecule has 0 N–H and O–H groups in total. The minimum absolute atomic E-state index is 0.143. The summed E-state index contributed by atoms with van der Waals surface area (Å²) in [6.45, 7) is 3.85. The lowest BCUT2D eigenvalue weighted by atomic mass is 10.2. The number of benzene rings is 1. The highest BCUT2D eigenvalue weighted by atomic mass is 16.1. The third kappa shape index (κ3) is 2.77. The molecule has 20 heavy (non-hydrogen) atoms. The van der Waals surface area contributed by atoms with Gasteiger partial charge in [-0.2, -0.15) is 0 Å². The van der Waals surface area contributed by atoms with Crippen molar-refractivity contribution < 1.29 is 4.79 Å². The van der Waals surface area contributed by atoms with E-state index in [1.165, 1.54) is 6.08 Å². The van der Waals surface area contributed by atoms with Crippen molar-refractivity contribution >= 4 is 5.78 Å². The molecular weight excluding hydrogens is 252 g/mol. The molecule has 0 amide bonds. The normalized spacial score (nSPS) is 11.0. The Morgan fingerprint density at radius 1 is 1.25 bits per heavy atom. The van der Waals surface area contributed by atoms with Gasteiger partial charge in [0.05, 0.1) is 11.4 Å². The second-order valence-corrected chi connectivity index (χ2v) is 4.87. The number of para-hydroxylation sites is 1. The molecule has 1 aromatic carbocycles. The molecule has 104 valence electrons. The molecule has 0 saturated carbocycles. The first-order chi connectivity index (χ1) is 9.50. The fraction of sp³-hybridized carbons (Fsp3) is 0.267. The van der Waals surface area contributed by atoms with Crippen LogP contribution in [0.5, 0.6) is 0 Å². The fourth-order valence-corrected chi connectivity index (χ4v) is 1.88. The van der Waals surface area contributed by atoms with E-state index in [2.05, 4.69) is 10.3 Å². The summed E-state index contributed by atoms with van der Waals surface area (Å²) >= 11 is 0. The van der Waals surface area contributed by atoms with Gasteiger partial charge >= 0.3 is 0 Å². The van der Waals surface area contributed by atoms with Crippen LogP contribution < -0.4 is 0 Å². The maximum absolute atomic E-state index is 12.1. The van der Waals surface area contributed by atoms with Crippen LogP contribution in [0.2, 0.25) is 0 Å². The number of hydrogen-bond donors (Lipinski definition) is 0. The Morgan fingerprint density at radius 3 is 2.60 bits per heavy atom. The number of ketones is 1. The zero-order chi connectivity index (χ0) is 14.7. The van der Waals surface area contributed by atoms with Gasteiger partial charge in [-0.1, -0.05) is 23.4 Å². The van der Waals surface area contributed by atoms with Crippen molar-refractivity contribution in [1.29, 1.82) is 0 Å². The fourth-order valence-electron chi connectivity index (χ4n) is 1.88. The summed E-state index contributed by atoms with van der Waals surface area (Å²) in [4.78, 5) is 13.9.